The van der Waals surface area contributed by atoms with Crippen molar-refractivity contribution < 1.29 is 0 Å². The van der Waals surface area contributed by atoms with Crippen LogP contribution < -0.4 is 5.73 Å². The van der Waals surface area contributed by atoms with Gasteiger partial charge in [0.2, 0.25) is 0 Å². The van der Waals surface area contributed by atoms with E-state index >= 15 is 0 Å². The Hall–Kier alpha value is -3.04. The van der Waals surface area contributed by atoms with Gasteiger partial charge in [0.25, 0.3) is 0 Å². The Morgan fingerprint density at radius 3 is 2.33 bits per heavy atom. The van der Waals surface area contributed by atoms with Crippen LogP contribution in [0.25, 0.3) is 33.4 Å². The minimum atomic E-state index is 0.540. The lowest BCUT2D eigenvalue weighted by atomic mass is 9.97. The molecule has 4 rings (SSSR count). The summed E-state index contributed by atoms with van der Waals surface area (Å²) in [6.07, 6.45) is 1.78. The van der Waals surface area contributed by atoms with Gasteiger partial charge in [-0.1, -0.05) is 54.6 Å². The summed E-state index contributed by atoms with van der Waals surface area (Å²) in [5, 5.41) is 1.04. The molecule has 0 aliphatic carbocycles. The SMILES string of the molecule is NCc1ccc(-c2nc3ncccc3cc2-c2ccccc2)cc1. The molecule has 2 aromatic heterocycles. The fourth-order valence-corrected chi connectivity index (χ4v) is 2.86. The van der Waals surface area contributed by atoms with E-state index < -0.39 is 0 Å². The second-order valence-electron chi connectivity index (χ2n) is 5.70. The van der Waals surface area contributed by atoms with Gasteiger partial charge in [-0.05, 0) is 29.3 Å². The predicted molar refractivity (Wildman–Crippen MR) is 98.3 cm³/mol. The second kappa shape index (κ2) is 6.22. The number of fused-ring (bicyclic) bond motifs is 1. The van der Waals surface area contributed by atoms with Crippen molar-refractivity contribution in [2.24, 2.45) is 5.73 Å². The number of benzene rings is 2. The van der Waals surface area contributed by atoms with E-state index in [-0.39, 0.29) is 0 Å². The zero-order chi connectivity index (χ0) is 16.4. The Balaban J connectivity index is 1.97. The molecule has 3 heteroatoms. The normalized spacial score (nSPS) is 10.9. The van der Waals surface area contributed by atoms with E-state index in [2.05, 4.69) is 47.4 Å². The van der Waals surface area contributed by atoms with Crippen molar-refractivity contribution in [3.63, 3.8) is 0 Å². The van der Waals surface area contributed by atoms with Gasteiger partial charge in [0.05, 0.1) is 5.69 Å². The molecule has 0 bridgehead atoms. The quantitative estimate of drug-likeness (QED) is 0.609. The third kappa shape index (κ3) is 2.66. The van der Waals surface area contributed by atoms with E-state index in [9.17, 15) is 0 Å². The van der Waals surface area contributed by atoms with Crippen LogP contribution >= 0.6 is 0 Å². The second-order valence-corrected chi connectivity index (χ2v) is 5.70. The van der Waals surface area contributed by atoms with E-state index in [1.807, 2.05) is 30.3 Å². The van der Waals surface area contributed by atoms with Crippen LogP contribution in [0.1, 0.15) is 5.56 Å². The van der Waals surface area contributed by atoms with Crippen molar-refractivity contribution in [2.75, 3.05) is 0 Å². The zero-order valence-corrected chi connectivity index (χ0v) is 13.2. The van der Waals surface area contributed by atoms with E-state index in [1.165, 1.54) is 0 Å². The molecule has 4 aromatic rings. The van der Waals surface area contributed by atoms with Crippen molar-refractivity contribution in [1.29, 1.82) is 0 Å². The molecule has 0 atom stereocenters. The molecule has 3 nitrogen and oxygen atoms in total. The highest BCUT2D eigenvalue weighted by Crippen LogP contribution is 2.32. The first-order valence-electron chi connectivity index (χ1n) is 7.96. The number of aromatic nitrogens is 2. The topological polar surface area (TPSA) is 51.8 Å². The van der Waals surface area contributed by atoms with E-state index in [4.69, 9.17) is 10.7 Å². The Morgan fingerprint density at radius 1 is 0.792 bits per heavy atom. The Bertz CT molecular complexity index is 977. The molecule has 116 valence electrons. The summed E-state index contributed by atoms with van der Waals surface area (Å²) >= 11 is 0. The molecule has 2 N–H and O–H groups in total. The number of rotatable bonds is 3. The van der Waals surface area contributed by atoms with Crippen LogP contribution in [0.4, 0.5) is 0 Å². The fraction of sp³-hybridized carbons (Fsp3) is 0.0476. The first kappa shape index (κ1) is 14.5. The largest absolute Gasteiger partial charge is 0.326 e. The van der Waals surface area contributed by atoms with Crippen LogP contribution in [0, 0.1) is 0 Å². The number of nitrogens with two attached hydrogens (primary N) is 1. The molecule has 0 saturated heterocycles. The highest BCUT2D eigenvalue weighted by Gasteiger charge is 2.11. The summed E-state index contributed by atoms with van der Waals surface area (Å²) in [6, 6.07) is 24.7. The smallest absolute Gasteiger partial charge is 0.159 e. The summed E-state index contributed by atoms with van der Waals surface area (Å²) in [5.41, 5.74) is 11.8. The lowest BCUT2D eigenvalue weighted by molar-refractivity contribution is 1.07. The molecular weight excluding hydrogens is 294 g/mol. The number of pyridine rings is 2. The van der Waals surface area contributed by atoms with Gasteiger partial charge in [0.15, 0.2) is 5.65 Å². The van der Waals surface area contributed by atoms with Gasteiger partial charge in [-0.2, -0.15) is 0 Å². The van der Waals surface area contributed by atoms with Gasteiger partial charge >= 0.3 is 0 Å². The van der Waals surface area contributed by atoms with Gasteiger partial charge < -0.3 is 5.73 Å². The molecule has 0 unspecified atom stereocenters. The van der Waals surface area contributed by atoms with E-state index in [1.54, 1.807) is 6.20 Å². The van der Waals surface area contributed by atoms with Crippen LogP contribution in [-0.4, -0.2) is 9.97 Å². The van der Waals surface area contributed by atoms with Crippen LogP contribution in [0.5, 0.6) is 0 Å². The third-order valence-corrected chi connectivity index (χ3v) is 4.14. The molecule has 2 heterocycles. The maximum absolute atomic E-state index is 5.71. The van der Waals surface area contributed by atoms with Crippen molar-refractivity contribution in [2.45, 2.75) is 6.54 Å². The highest BCUT2D eigenvalue weighted by molar-refractivity contribution is 5.90. The summed E-state index contributed by atoms with van der Waals surface area (Å²) in [4.78, 5) is 9.24. The molecule has 0 aliphatic rings. The molecule has 0 aliphatic heterocycles. The highest BCUT2D eigenvalue weighted by atomic mass is 14.8. The predicted octanol–water partition coefficient (Wildman–Crippen LogP) is 4.42. The molecule has 0 spiro atoms. The maximum atomic E-state index is 5.71. The zero-order valence-electron chi connectivity index (χ0n) is 13.2. The lowest BCUT2D eigenvalue weighted by Gasteiger charge is -2.11. The summed E-state index contributed by atoms with van der Waals surface area (Å²) in [6.45, 7) is 0.540. The van der Waals surface area contributed by atoms with Gasteiger partial charge in [-0.15, -0.1) is 0 Å². The summed E-state index contributed by atoms with van der Waals surface area (Å²) in [7, 11) is 0. The Kier molecular flexibility index (Phi) is 3.77. The van der Waals surface area contributed by atoms with Gasteiger partial charge in [-0.3, -0.25) is 0 Å². The van der Waals surface area contributed by atoms with Crippen molar-refractivity contribution in [3.8, 4) is 22.4 Å². The van der Waals surface area contributed by atoms with Crippen LogP contribution in [0.3, 0.4) is 0 Å². The molecule has 2 aromatic carbocycles. The van der Waals surface area contributed by atoms with Crippen LogP contribution in [0.2, 0.25) is 0 Å². The van der Waals surface area contributed by atoms with Crippen LogP contribution in [-0.2, 0) is 6.54 Å². The number of nitrogens with zero attached hydrogens (tertiary/aromatic N) is 2. The molecule has 24 heavy (non-hydrogen) atoms. The van der Waals surface area contributed by atoms with Gasteiger partial charge in [-0.25, -0.2) is 9.97 Å². The molecule has 0 radical (unpaired) electrons. The molecular formula is C21H17N3. The van der Waals surface area contributed by atoms with Crippen LogP contribution in [0.15, 0.2) is 79.0 Å². The standard InChI is InChI=1S/C21H17N3/c22-14-15-8-10-17(11-9-15)20-19(16-5-2-1-3-6-16)13-18-7-4-12-23-21(18)24-20/h1-13H,14,22H2. The minimum Gasteiger partial charge on any atom is -0.326 e. The monoisotopic (exact) mass is 311 g/mol. The first-order valence-corrected chi connectivity index (χ1v) is 7.96. The fourth-order valence-electron chi connectivity index (χ4n) is 2.86. The summed E-state index contributed by atoms with van der Waals surface area (Å²) < 4.78 is 0. The minimum absolute atomic E-state index is 0.540. The first-order chi connectivity index (χ1) is 11.8. The Labute approximate surface area is 140 Å². The number of hydrogen-bond donors (Lipinski definition) is 1. The lowest BCUT2D eigenvalue weighted by Crippen LogP contribution is -1.96. The average Bonchev–Trinajstić information content (AvgIpc) is 2.68. The van der Waals surface area contributed by atoms with Crippen molar-refractivity contribution in [3.05, 3.63) is 84.6 Å². The van der Waals surface area contributed by atoms with Crippen molar-refractivity contribution >= 4 is 11.0 Å². The summed E-state index contributed by atoms with van der Waals surface area (Å²) in [5.74, 6) is 0. The van der Waals surface area contributed by atoms with Gasteiger partial charge in [0.1, 0.15) is 0 Å². The Morgan fingerprint density at radius 2 is 1.58 bits per heavy atom. The third-order valence-electron chi connectivity index (χ3n) is 4.14. The van der Waals surface area contributed by atoms with Gasteiger partial charge in [0, 0.05) is 29.3 Å². The average molecular weight is 311 g/mol. The van der Waals surface area contributed by atoms with Crippen molar-refractivity contribution in [1.82, 2.24) is 9.97 Å². The molecule has 0 saturated carbocycles. The molecule has 0 amide bonds. The maximum Gasteiger partial charge on any atom is 0.159 e. The van der Waals surface area contributed by atoms with E-state index in [0.717, 1.165) is 39.0 Å². The molecule has 0 fully saturated rings. The van der Waals surface area contributed by atoms with E-state index in [0.29, 0.717) is 6.54 Å². The number of hydrogen-bond acceptors (Lipinski definition) is 3.